The minimum Gasteiger partial charge on any atom is -0.459 e. The van der Waals surface area contributed by atoms with Gasteiger partial charge >= 0.3 is 0 Å². The summed E-state index contributed by atoms with van der Waals surface area (Å²) in [6, 6.07) is 3.26. The lowest BCUT2D eigenvalue weighted by atomic mass is 9.99. The molecule has 4 rings (SSSR count). The molecule has 8 nitrogen and oxygen atoms in total. The summed E-state index contributed by atoms with van der Waals surface area (Å²) in [6.07, 6.45) is -0.622. The van der Waals surface area contributed by atoms with Gasteiger partial charge in [0, 0.05) is 6.54 Å². The van der Waals surface area contributed by atoms with Crippen LogP contribution in [0.25, 0.3) is 0 Å². The van der Waals surface area contributed by atoms with Crippen LogP contribution in [0.4, 0.5) is 0 Å². The molecule has 1 aromatic heterocycles. The first-order valence-corrected chi connectivity index (χ1v) is 8.43. The van der Waals surface area contributed by atoms with Gasteiger partial charge in [-0.25, -0.2) is 0 Å². The Hall–Kier alpha value is -1.45. The van der Waals surface area contributed by atoms with Gasteiger partial charge in [-0.2, -0.15) is 0 Å². The van der Waals surface area contributed by atoms with Gasteiger partial charge in [-0.05, 0) is 39.8 Å². The molecule has 25 heavy (non-hydrogen) atoms. The van der Waals surface area contributed by atoms with E-state index in [4.69, 9.17) is 28.1 Å². The van der Waals surface area contributed by atoms with Crippen LogP contribution in [0.5, 0.6) is 0 Å². The number of ether oxygens (including phenoxy) is 5. The van der Waals surface area contributed by atoms with Crippen LogP contribution in [-0.4, -0.2) is 54.7 Å². The van der Waals surface area contributed by atoms with Gasteiger partial charge < -0.3 is 33.4 Å². The molecule has 1 amide bonds. The lowest BCUT2D eigenvalue weighted by molar-refractivity contribution is -0.232. The maximum absolute atomic E-state index is 12.1. The molecule has 4 heterocycles. The van der Waals surface area contributed by atoms with Crippen molar-refractivity contribution in [3.63, 3.8) is 0 Å². The van der Waals surface area contributed by atoms with E-state index in [0.717, 1.165) is 0 Å². The average molecular weight is 353 g/mol. The van der Waals surface area contributed by atoms with Gasteiger partial charge in [-0.1, -0.05) is 0 Å². The Morgan fingerprint density at radius 3 is 2.44 bits per heavy atom. The van der Waals surface area contributed by atoms with Crippen molar-refractivity contribution in [1.29, 1.82) is 0 Å². The van der Waals surface area contributed by atoms with Crippen LogP contribution < -0.4 is 5.32 Å². The number of fused-ring (bicyclic) bond motifs is 3. The van der Waals surface area contributed by atoms with Crippen molar-refractivity contribution in [1.82, 2.24) is 5.32 Å². The second-order valence-electron chi connectivity index (χ2n) is 7.40. The lowest BCUT2D eigenvalue weighted by Crippen LogP contribution is -2.57. The zero-order valence-corrected chi connectivity index (χ0v) is 14.7. The van der Waals surface area contributed by atoms with Crippen LogP contribution in [0.2, 0.25) is 0 Å². The van der Waals surface area contributed by atoms with Gasteiger partial charge in [0.2, 0.25) is 0 Å². The van der Waals surface area contributed by atoms with Crippen molar-refractivity contribution < 1.29 is 32.9 Å². The summed E-state index contributed by atoms with van der Waals surface area (Å²) in [5, 5.41) is 2.81. The topological polar surface area (TPSA) is 88.4 Å². The molecule has 3 fully saturated rings. The normalized spacial score (nSPS) is 38.2. The number of nitrogens with one attached hydrogen (secondary N) is 1. The number of furan rings is 1. The number of amides is 1. The third-order valence-electron chi connectivity index (χ3n) is 4.46. The van der Waals surface area contributed by atoms with Crippen molar-refractivity contribution >= 4 is 5.91 Å². The van der Waals surface area contributed by atoms with Gasteiger partial charge in [0.15, 0.2) is 23.6 Å². The molecule has 0 spiro atoms. The minimum absolute atomic E-state index is 0.243. The predicted molar refractivity (Wildman–Crippen MR) is 83.6 cm³/mol. The molecule has 3 saturated heterocycles. The Morgan fingerprint density at radius 2 is 1.72 bits per heavy atom. The van der Waals surface area contributed by atoms with Crippen LogP contribution in [0.15, 0.2) is 22.8 Å². The SMILES string of the molecule is CC1(C)O[C@@H]2[C@@H](O1)[C@@H](CNC(=O)c1ccco1)O[C@H]1OC(C)(C)O[C@@H]12. The zero-order chi connectivity index (χ0) is 17.8. The molecular formula is C17H23NO7. The number of carbonyl (C=O) groups is 1. The largest absolute Gasteiger partial charge is 0.459 e. The van der Waals surface area contributed by atoms with Crippen molar-refractivity contribution in [2.45, 2.75) is 70.0 Å². The molecule has 0 saturated carbocycles. The first kappa shape index (κ1) is 17.0. The maximum atomic E-state index is 12.1. The molecule has 1 N–H and O–H groups in total. The van der Waals surface area contributed by atoms with Crippen LogP contribution >= 0.6 is 0 Å². The summed E-state index contributed by atoms with van der Waals surface area (Å²) in [5.74, 6) is -1.58. The lowest BCUT2D eigenvalue weighted by Gasteiger charge is -2.37. The van der Waals surface area contributed by atoms with Gasteiger partial charge in [-0.3, -0.25) is 4.79 Å². The fraction of sp³-hybridized carbons (Fsp3) is 0.706. The molecule has 0 aliphatic carbocycles. The molecule has 138 valence electrons. The highest BCUT2D eigenvalue weighted by Gasteiger charge is 2.60. The van der Waals surface area contributed by atoms with E-state index in [9.17, 15) is 4.79 Å². The molecule has 3 aliphatic heterocycles. The third-order valence-corrected chi connectivity index (χ3v) is 4.46. The van der Waals surface area contributed by atoms with E-state index >= 15 is 0 Å². The van der Waals surface area contributed by atoms with Crippen molar-refractivity contribution in [2.75, 3.05) is 6.54 Å². The molecule has 0 radical (unpaired) electrons. The maximum Gasteiger partial charge on any atom is 0.287 e. The highest BCUT2D eigenvalue weighted by Crippen LogP contribution is 2.43. The molecule has 5 atom stereocenters. The van der Waals surface area contributed by atoms with E-state index in [1.807, 2.05) is 27.7 Å². The number of rotatable bonds is 3. The standard InChI is InChI=1S/C17H23NO7/c1-16(2)22-11-10(8-18-14(19)9-6-5-7-20-9)21-15-13(12(11)23-16)24-17(3,4)25-15/h5-7,10-13,15H,8H2,1-4H3,(H,18,19)/t10-,11+,12-,13-,15+/m1/s1. The van der Waals surface area contributed by atoms with Gasteiger partial charge in [0.1, 0.15) is 24.4 Å². The van der Waals surface area contributed by atoms with E-state index in [0.29, 0.717) is 0 Å². The first-order chi connectivity index (χ1) is 11.7. The van der Waals surface area contributed by atoms with Crippen LogP contribution in [-0.2, 0) is 23.7 Å². The van der Waals surface area contributed by atoms with Crippen molar-refractivity contribution in [3.05, 3.63) is 24.2 Å². The molecule has 0 aromatic carbocycles. The summed E-state index contributed by atoms with van der Waals surface area (Å²) in [6.45, 7) is 7.60. The molecule has 1 aromatic rings. The molecule has 8 heteroatoms. The Bertz CT molecular complexity index is 641. The first-order valence-electron chi connectivity index (χ1n) is 8.43. The van der Waals surface area contributed by atoms with E-state index in [-0.39, 0.29) is 36.5 Å². The summed E-state index contributed by atoms with van der Waals surface area (Å²) in [7, 11) is 0. The number of hydrogen-bond acceptors (Lipinski definition) is 7. The van der Waals surface area contributed by atoms with Crippen molar-refractivity contribution in [3.8, 4) is 0 Å². The predicted octanol–water partition coefficient (Wildman–Crippen LogP) is 1.41. The molecule has 3 aliphatic rings. The van der Waals surface area contributed by atoms with E-state index in [2.05, 4.69) is 5.32 Å². The quantitative estimate of drug-likeness (QED) is 0.879. The van der Waals surface area contributed by atoms with Crippen LogP contribution in [0.1, 0.15) is 38.2 Å². The van der Waals surface area contributed by atoms with E-state index in [1.165, 1.54) is 6.26 Å². The summed E-state index contributed by atoms with van der Waals surface area (Å²) in [5.41, 5.74) is 0. The Balaban J connectivity index is 1.49. The Labute approximate surface area is 145 Å². The Morgan fingerprint density at radius 1 is 1.04 bits per heavy atom. The minimum atomic E-state index is -0.762. The summed E-state index contributed by atoms with van der Waals surface area (Å²) < 4.78 is 34.9. The van der Waals surface area contributed by atoms with Gasteiger partial charge in [0.25, 0.3) is 5.91 Å². The van der Waals surface area contributed by atoms with E-state index in [1.54, 1.807) is 12.1 Å². The molecular weight excluding hydrogens is 330 g/mol. The third kappa shape index (κ3) is 3.20. The highest BCUT2D eigenvalue weighted by molar-refractivity contribution is 5.91. The van der Waals surface area contributed by atoms with E-state index < -0.39 is 24.0 Å². The smallest absolute Gasteiger partial charge is 0.287 e. The number of hydrogen-bond donors (Lipinski definition) is 1. The monoisotopic (exact) mass is 353 g/mol. The zero-order valence-electron chi connectivity index (χ0n) is 14.7. The molecule has 0 bridgehead atoms. The second kappa shape index (κ2) is 5.78. The summed E-state index contributed by atoms with van der Waals surface area (Å²) >= 11 is 0. The van der Waals surface area contributed by atoms with Gasteiger partial charge in [-0.15, -0.1) is 0 Å². The highest BCUT2D eigenvalue weighted by atomic mass is 16.9. The fourth-order valence-electron chi connectivity index (χ4n) is 3.55. The average Bonchev–Trinajstić information content (AvgIpc) is 3.19. The molecule has 0 unspecified atom stereocenters. The fourth-order valence-corrected chi connectivity index (χ4v) is 3.55. The summed E-state index contributed by atoms with van der Waals surface area (Å²) in [4.78, 5) is 12.1. The number of carbonyl (C=O) groups excluding carboxylic acids is 1. The van der Waals surface area contributed by atoms with Crippen LogP contribution in [0.3, 0.4) is 0 Å². The second-order valence-corrected chi connectivity index (χ2v) is 7.40. The van der Waals surface area contributed by atoms with Crippen LogP contribution in [0, 0.1) is 0 Å². The van der Waals surface area contributed by atoms with Crippen molar-refractivity contribution in [2.24, 2.45) is 0 Å². The Kier molecular flexibility index (Phi) is 3.93. The van der Waals surface area contributed by atoms with Gasteiger partial charge in [0.05, 0.1) is 6.26 Å².